The Kier molecular flexibility index (Phi) is 6.79. The summed E-state index contributed by atoms with van der Waals surface area (Å²) in [5.41, 5.74) is 1.04. The normalized spacial score (nSPS) is 18.8. The second kappa shape index (κ2) is 9.70. The van der Waals surface area contributed by atoms with E-state index in [1.54, 1.807) is 0 Å². The van der Waals surface area contributed by atoms with Crippen LogP contribution in [0.15, 0.2) is 29.4 Å². The van der Waals surface area contributed by atoms with Gasteiger partial charge >= 0.3 is 0 Å². The van der Waals surface area contributed by atoms with Crippen molar-refractivity contribution < 1.29 is 14.3 Å². The lowest BCUT2D eigenvalue weighted by atomic mass is 10.0. The predicted octanol–water partition coefficient (Wildman–Crippen LogP) is 2.50. The average molecular weight is 432 g/mol. The number of fused-ring (bicyclic) bond motifs is 1. The number of rotatable bonds is 7. The number of nitrogens with one attached hydrogen (secondary N) is 1. The van der Waals surface area contributed by atoms with E-state index >= 15 is 0 Å². The zero-order valence-corrected chi connectivity index (χ0v) is 18.4. The van der Waals surface area contributed by atoms with Crippen LogP contribution in [0.5, 0.6) is 5.75 Å². The van der Waals surface area contributed by atoms with Gasteiger partial charge in [-0.05, 0) is 12.0 Å². The third-order valence-corrected chi connectivity index (χ3v) is 6.13. The van der Waals surface area contributed by atoms with Gasteiger partial charge in [0.2, 0.25) is 11.9 Å². The number of nitrogens with zero attached hydrogens (tertiary/aromatic N) is 4. The molecule has 0 aliphatic carbocycles. The zero-order chi connectivity index (χ0) is 20.9. The van der Waals surface area contributed by atoms with Crippen molar-refractivity contribution in [3.63, 3.8) is 0 Å². The number of hydrogen-bond acceptors (Lipinski definition) is 7. The van der Waals surface area contributed by atoms with E-state index in [4.69, 9.17) is 9.47 Å². The van der Waals surface area contributed by atoms with E-state index in [9.17, 15) is 4.79 Å². The molecule has 0 spiro atoms. The van der Waals surface area contributed by atoms with Crippen LogP contribution in [0.4, 0.5) is 5.95 Å². The maximum absolute atomic E-state index is 12.7. The van der Waals surface area contributed by atoms with E-state index in [2.05, 4.69) is 38.8 Å². The summed E-state index contributed by atoms with van der Waals surface area (Å²) in [4.78, 5) is 14.9. The first kappa shape index (κ1) is 21.0. The minimum absolute atomic E-state index is 0.00581. The highest BCUT2D eigenvalue weighted by Gasteiger charge is 2.24. The summed E-state index contributed by atoms with van der Waals surface area (Å²) in [6.45, 7) is 8.80. The molecule has 0 saturated carbocycles. The molecular weight excluding hydrogens is 402 g/mol. The molecule has 8 nitrogen and oxygen atoms in total. The number of ether oxygens (including phenoxy) is 2. The fraction of sp³-hybridized carbons (Fsp3) is 0.571. The van der Waals surface area contributed by atoms with Gasteiger partial charge in [0, 0.05) is 31.6 Å². The molecule has 1 aromatic carbocycles. The molecule has 1 amide bonds. The lowest BCUT2D eigenvalue weighted by molar-refractivity contribution is -0.119. The van der Waals surface area contributed by atoms with Crippen LogP contribution in [-0.2, 0) is 16.1 Å². The van der Waals surface area contributed by atoms with Crippen molar-refractivity contribution in [1.29, 1.82) is 0 Å². The molecule has 1 N–H and O–H groups in total. The number of thioether (sulfide) groups is 1. The van der Waals surface area contributed by atoms with Gasteiger partial charge in [-0.3, -0.25) is 9.36 Å². The number of anilines is 1. The lowest BCUT2D eigenvalue weighted by Crippen LogP contribution is -2.38. The number of para-hydroxylation sites is 1. The van der Waals surface area contributed by atoms with E-state index in [1.165, 1.54) is 11.8 Å². The first-order valence-corrected chi connectivity index (χ1v) is 11.5. The molecule has 2 aliphatic heterocycles. The van der Waals surface area contributed by atoms with E-state index in [0.29, 0.717) is 31.5 Å². The standard InChI is InChI=1S/C21H29N5O3S/c1-15(2)13-26-20(25-8-11-28-12-9-25)23-24-21(26)30-14-19(27)22-17-7-10-29-18-6-4-3-5-16(17)18/h3-6,15,17H,7-14H2,1-2H3,(H,22,27)/t17-/m0/s1. The van der Waals surface area contributed by atoms with Gasteiger partial charge in [0.1, 0.15) is 5.75 Å². The highest BCUT2D eigenvalue weighted by Crippen LogP contribution is 2.31. The first-order valence-electron chi connectivity index (χ1n) is 10.5. The molecular formula is C21H29N5O3S. The van der Waals surface area contributed by atoms with Crippen molar-refractivity contribution in [2.24, 2.45) is 5.92 Å². The molecule has 0 bridgehead atoms. The Balaban J connectivity index is 1.41. The topological polar surface area (TPSA) is 81.5 Å². The molecule has 4 rings (SSSR count). The maximum atomic E-state index is 12.7. The Labute approximate surface area is 181 Å². The second-order valence-electron chi connectivity index (χ2n) is 7.97. The number of carbonyl (C=O) groups excluding carboxylic acids is 1. The van der Waals surface area contributed by atoms with Gasteiger partial charge in [-0.15, -0.1) is 10.2 Å². The molecule has 3 heterocycles. The summed E-state index contributed by atoms with van der Waals surface area (Å²) in [5.74, 6) is 2.47. The second-order valence-corrected chi connectivity index (χ2v) is 8.91. The summed E-state index contributed by atoms with van der Waals surface area (Å²) in [7, 11) is 0. The molecule has 2 aromatic rings. The van der Waals surface area contributed by atoms with Crippen molar-refractivity contribution in [1.82, 2.24) is 20.1 Å². The van der Waals surface area contributed by atoms with Crippen LogP contribution in [0, 0.1) is 5.92 Å². The van der Waals surface area contributed by atoms with Crippen molar-refractivity contribution >= 4 is 23.6 Å². The fourth-order valence-corrected chi connectivity index (χ4v) is 4.52. The van der Waals surface area contributed by atoms with Gasteiger partial charge in [-0.25, -0.2) is 0 Å². The van der Waals surface area contributed by atoms with Crippen LogP contribution in [0.2, 0.25) is 0 Å². The molecule has 162 valence electrons. The van der Waals surface area contributed by atoms with Crippen LogP contribution in [0.1, 0.15) is 31.9 Å². The molecule has 9 heteroatoms. The number of amides is 1. The third kappa shape index (κ3) is 4.89. The van der Waals surface area contributed by atoms with Gasteiger partial charge in [0.05, 0.1) is 31.6 Å². The minimum Gasteiger partial charge on any atom is -0.493 e. The van der Waals surface area contributed by atoms with Gasteiger partial charge in [-0.2, -0.15) is 0 Å². The van der Waals surface area contributed by atoms with Crippen molar-refractivity contribution in [2.45, 2.75) is 38.0 Å². The molecule has 1 atom stereocenters. The summed E-state index contributed by atoms with van der Waals surface area (Å²) in [6, 6.07) is 7.88. The Bertz CT molecular complexity index is 866. The number of carbonyl (C=O) groups is 1. The van der Waals surface area contributed by atoms with Gasteiger partial charge in [0.15, 0.2) is 5.16 Å². The highest BCUT2D eigenvalue weighted by atomic mass is 32.2. The maximum Gasteiger partial charge on any atom is 0.230 e. The molecule has 2 aliphatic rings. The monoisotopic (exact) mass is 431 g/mol. The Morgan fingerprint density at radius 2 is 2.03 bits per heavy atom. The predicted molar refractivity (Wildman–Crippen MR) is 116 cm³/mol. The summed E-state index contributed by atoms with van der Waals surface area (Å²) in [6.07, 6.45) is 0.776. The largest absolute Gasteiger partial charge is 0.493 e. The molecule has 1 saturated heterocycles. The summed E-state index contributed by atoms with van der Waals surface area (Å²) >= 11 is 1.44. The minimum atomic E-state index is -0.0134. The number of morpholine rings is 1. The first-order chi connectivity index (χ1) is 14.6. The Morgan fingerprint density at radius 1 is 1.23 bits per heavy atom. The number of aromatic nitrogens is 3. The van der Waals surface area contributed by atoms with Crippen LogP contribution < -0.4 is 15.0 Å². The van der Waals surface area contributed by atoms with Crippen molar-refractivity contribution in [2.75, 3.05) is 43.6 Å². The Morgan fingerprint density at radius 3 is 2.83 bits per heavy atom. The van der Waals surface area contributed by atoms with Crippen LogP contribution >= 0.6 is 11.8 Å². The van der Waals surface area contributed by atoms with Gasteiger partial charge in [0.25, 0.3) is 0 Å². The van der Waals surface area contributed by atoms with Gasteiger partial charge in [-0.1, -0.05) is 43.8 Å². The zero-order valence-electron chi connectivity index (χ0n) is 17.5. The molecule has 0 unspecified atom stereocenters. The van der Waals surface area contributed by atoms with Crippen LogP contribution in [-0.4, -0.2) is 59.3 Å². The SMILES string of the molecule is CC(C)Cn1c(SCC(=O)N[C@H]2CCOc3ccccc32)nnc1N1CCOCC1. The quantitative estimate of drug-likeness (QED) is 0.675. The van der Waals surface area contributed by atoms with Crippen LogP contribution in [0.3, 0.4) is 0 Å². The van der Waals surface area contributed by atoms with Gasteiger partial charge < -0.3 is 19.7 Å². The number of hydrogen-bond donors (Lipinski definition) is 1. The third-order valence-electron chi connectivity index (χ3n) is 5.17. The molecule has 0 radical (unpaired) electrons. The van der Waals surface area contributed by atoms with E-state index in [1.807, 2.05) is 24.3 Å². The van der Waals surface area contributed by atoms with Crippen molar-refractivity contribution in [3.8, 4) is 5.75 Å². The summed E-state index contributed by atoms with van der Waals surface area (Å²) in [5, 5.41) is 12.8. The van der Waals surface area contributed by atoms with Crippen LogP contribution in [0.25, 0.3) is 0 Å². The van der Waals surface area contributed by atoms with Crippen molar-refractivity contribution in [3.05, 3.63) is 29.8 Å². The van der Waals surface area contributed by atoms with E-state index in [-0.39, 0.29) is 11.9 Å². The Hall–Kier alpha value is -2.26. The summed E-state index contributed by atoms with van der Waals surface area (Å²) < 4.78 is 13.3. The highest BCUT2D eigenvalue weighted by molar-refractivity contribution is 7.99. The van der Waals surface area contributed by atoms with E-state index in [0.717, 1.165) is 48.5 Å². The molecule has 1 fully saturated rings. The number of benzene rings is 1. The van der Waals surface area contributed by atoms with E-state index < -0.39 is 0 Å². The molecule has 1 aromatic heterocycles. The molecule has 30 heavy (non-hydrogen) atoms. The average Bonchev–Trinajstić information content (AvgIpc) is 3.15. The smallest absolute Gasteiger partial charge is 0.230 e. The fourth-order valence-electron chi connectivity index (χ4n) is 3.77. The lowest BCUT2D eigenvalue weighted by Gasteiger charge is -2.28.